The Morgan fingerprint density at radius 3 is 2.68 bits per heavy atom. The molecule has 28 heavy (non-hydrogen) atoms. The fraction of sp³-hybridized carbons (Fsp3) is 0.571. The number of carbonyl (C=O) groups is 3. The molecule has 2 unspecified atom stereocenters. The van der Waals surface area contributed by atoms with Gasteiger partial charge in [-0.05, 0) is 36.8 Å². The minimum atomic E-state index is -0.895. The second-order valence-corrected chi connectivity index (χ2v) is 7.53. The van der Waals surface area contributed by atoms with Gasteiger partial charge in [-0.1, -0.05) is 25.1 Å². The maximum atomic E-state index is 12.6. The van der Waals surface area contributed by atoms with Gasteiger partial charge in [-0.3, -0.25) is 14.4 Å². The van der Waals surface area contributed by atoms with E-state index in [2.05, 4.69) is 5.32 Å². The average molecular weight is 388 g/mol. The molecule has 2 aliphatic heterocycles. The summed E-state index contributed by atoms with van der Waals surface area (Å²) in [6.07, 6.45) is 2.34. The molecule has 2 atom stereocenters. The van der Waals surface area contributed by atoms with Gasteiger partial charge in [-0.2, -0.15) is 0 Å². The summed E-state index contributed by atoms with van der Waals surface area (Å²) in [5, 5.41) is 12.3. The number of carbonyl (C=O) groups excluding carboxylic acids is 2. The zero-order valence-electron chi connectivity index (χ0n) is 16.2. The molecule has 152 valence electrons. The highest BCUT2D eigenvalue weighted by molar-refractivity contribution is 6.00. The van der Waals surface area contributed by atoms with E-state index in [0.29, 0.717) is 32.6 Å². The third-order valence-corrected chi connectivity index (χ3v) is 5.81. The standard InChI is InChI=1S/C21H28N2O5/c1-2-14-5-3-4-6-18(14)23-13-16(11-19(23)24)20(25)22-12-17(21(26)27)15-7-9-28-10-8-15/h3-6,15-17H,2,7-13H2,1H3,(H,22,25)(H,26,27). The summed E-state index contributed by atoms with van der Waals surface area (Å²) in [5.41, 5.74) is 1.93. The van der Waals surface area contributed by atoms with Crippen molar-refractivity contribution in [1.82, 2.24) is 5.32 Å². The number of aliphatic carboxylic acids is 1. The Kier molecular flexibility index (Phi) is 6.67. The van der Waals surface area contributed by atoms with Gasteiger partial charge < -0.3 is 20.1 Å². The first kappa shape index (κ1) is 20.3. The zero-order chi connectivity index (χ0) is 20.1. The molecule has 2 saturated heterocycles. The van der Waals surface area contributed by atoms with Crippen LogP contribution in [0.5, 0.6) is 0 Å². The van der Waals surface area contributed by atoms with Crippen molar-refractivity contribution in [3.8, 4) is 0 Å². The Labute approximate surface area is 165 Å². The molecule has 2 amide bonds. The molecule has 7 nitrogen and oxygen atoms in total. The number of anilines is 1. The predicted octanol–water partition coefficient (Wildman–Crippen LogP) is 1.85. The van der Waals surface area contributed by atoms with Crippen molar-refractivity contribution in [2.45, 2.75) is 32.6 Å². The highest BCUT2D eigenvalue weighted by atomic mass is 16.5. The van der Waals surface area contributed by atoms with Crippen molar-refractivity contribution in [3.05, 3.63) is 29.8 Å². The smallest absolute Gasteiger partial charge is 0.308 e. The third kappa shape index (κ3) is 4.52. The first-order chi connectivity index (χ1) is 13.5. The van der Waals surface area contributed by atoms with Crippen LogP contribution in [-0.4, -0.2) is 49.2 Å². The highest BCUT2D eigenvalue weighted by Gasteiger charge is 2.37. The van der Waals surface area contributed by atoms with E-state index < -0.39 is 17.8 Å². The number of rotatable bonds is 7. The second-order valence-electron chi connectivity index (χ2n) is 7.53. The SMILES string of the molecule is CCc1ccccc1N1CC(C(=O)NCC(C(=O)O)C2CCOCC2)CC1=O. The van der Waals surface area contributed by atoms with Crippen molar-refractivity contribution < 1.29 is 24.2 Å². The Bertz CT molecular complexity index is 729. The van der Waals surface area contributed by atoms with Crippen molar-refractivity contribution >= 4 is 23.5 Å². The number of ether oxygens (including phenoxy) is 1. The summed E-state index contributed by atoms with van der Waals surface area (Å²) in [6.45, 7) is 3.58. The molecule has 2 heterocycles. The maximum Gasteiger partial charge on any atom is 0.308 e. The molecule has 0 bridgehead atoms. The van der Waals surface area contributed by atoms with Gasteiger partial charge >= 0.3 is 5.97 Å². The van der Waals surface area contributed by atoms with Gasteiger partial charge in [0.2, 0.25) is 11.8 Å². The van der Waals surface area contributed by atoms with E-state index in [1.54, 1.807) is 4.90 Å². The summed E-state index contributed by atoms with van der Waals surface area (Å²) < 4.78 is 5.30. The number of carboxylic acid groups (broad SMARTS) is 1. The van der Waals surface area contributed by atoms with Gasteiger partial charge in [0.15, 0.2) is 0 Å². The second kappa shape index (κ2) is 9.19. The van der Waals surface area contributed by atoms with Gasteiger partial charge in [0.1, 0.15) is 0 Å². The van der Waals surface area contributed by atoms with Crippen LogP contribution in [0, 0.1) is 17.8 Å². The molecule has 0 spiro atoms. The monoisotopic (exact) mass is 388 g/mol. The molecule has 2 aliphatic rings. The lowest BCUT2D eigenvalue weighted by atomic mass is 9.86. The van der Waals surface area contributed by atoms with Crippen LogP contribution in [0.1, 0.15) is 31.7 Å². The number of nitrogens with one attached hydrogen (secondary N) is 1. The molecule has 2 fully saturated rings. The highest BCUT2D eigenvalue weighted by Crippen LogP contribution is 2.29. The lowest BCUT2D eigenvalue weighted by molar-refractivity contribution is -0.145. The van der Waals surface area contributed by atoms with Crippen LogP contribution in [0.4, 0.5) is 5.69 Å². The van der Waals surface area contributed by atoms with E-state index in [4.69, 9.17) is 4.74 Å². The number of aryl methyl sites for hydroxylation is 1. The van der Waals surface area contributed by atoms with Gasteiger partial charge in [-0.15, -0.1) is 0 Å². The molecular weight excluding hydrogens is 360 g/mol. The largest absolute Gasteiger partial charge is 0.481 e. The fourth-order valence-electron chi connectivity index (χ4n) is 4.12. The number of nitrogens with zero attached hydrogens (tertiary/aromatic N) is 1. The Morgan fingerprint density at radius 1 is 1.29 bits per heavy atom. The van der Waals surface area contributed by atoms with Crippen molar-refractivity contribution in [3.63, 3.8) is 0 Å². The van der Waals surface area contributed by atoms with E-state index in [0.717, 1.165) is 17.7 Å². The molecule has 7 heteroatoms. The van der Waals surface area contributed by atoms with Crippen molar-refractivity contribution in [2.24, 2.45) is 17.8 Å². The van der Waals surface area contributed by atoms with Crippen LogP contribution >= 0.6 is 0 Å². The lowest BCUT2D eigenvalue weighted by Crippen LogP contribution is -2.41. The van der Waals surface area contributed by atoms with Crippen LogP contribution in [-0.2, 0) is 25.5 Å². The summed E-state index contributed by atoms with van der Waals surface area (Å²) in [7, 11) is 0. The number of para-hydroxylation sites is 1. The Morgan fingerprint density at radius 2 is 2.00 bits per heavy atom. The van der Waals surface area contributed by atoms with E-state index in [9.17, 15) is 19.5 Å². The van der Waals surface area contributed by atoms with E-state index >= 15 is 0 Å². The Hall–Kier alpha value is -2.41. The molecule has 0 radical (unpaired) electrons. The topological polar surface area (TPSA) is 95.9 Å². The van der Waals surface area contributed by atoms with Crippen LogP contribution in [0.15, 0.2) is 24.3 Å². The van der Waals surface area contributed by atoms with Gasteiger partial charge in [-0.25, -0.2) is 0 Å². The number of hydrogen-bond donors (Lipinski definition) is 2. The quantitative estimate of drug-likeness (QED) is 0.743. The van der Waals surface area contributed by atoms with E-state index in [1.165, 1.54) is 0 Å². The van der Waals surface area contributed by atoms with Gasteiger partial charge in [0, 0.05) is 38.4 Å². The van der Waals surface area contributed by atoms with Crippen molar-refractivity contribution in [1.29, 1.82) is 0 Å². The van der Waals surface area contributed by atoms with E-state index in [-0.39, 0.29) is 30.7 Å². The molecule has 0 saturated carbocycles. The lowest BCUT2D eigenvalue weighted by Gasteiger charge is -2.28. The fourth-order valence-corrected chi connectivity index (χ4v) is 4.12. The molecule has 0 aromatic heterocycles. The zero-order valence-corrected chi connectivity index (χ0v) is 16.2. The average Bonchev–Trinajstić information content (AvgIpc) is 3.10. The first-order valence-corrected chi connectivity index (χ1v) is 9.97. The summed E-state index contributed by atoms with van der Waals surface area (Å²) in [6, 6.07) is 7.72. The minimum absolute atomic E-state index is 0.00434. The number of carboxylic acids is 1. The molecule has 2 N–H and O–H groups in total. The van der Waals surface area contributed by atoms with Gasteiger partial charge in [0.25, 0.3) is 0 Å². The van der Waals surface area contributed by atoms with E-state index in [1.807, 2.05) is 31.2 Å². The maximum absolute atomic E-state index is 12.6. The summed E-state index contributed by atoms with van der Waals surface area (Å²) in [4.78, 5) is 38.4. The number of benzene rings is 1. The molecule has 0 aliphatic carbocycles. The minimum Gasteiger partial charge on any atom is -0.481 e. The number of hydrogen-bond acceptors (Lipinski definition) is 4. The summed E-state index contributed by atoms with van der Waals surface area (Å²) in [5.74, 6) is -2.29. The van der Waals surface area contributed by atoms with Crippen LogP contribution in [0.25, 0.3) is 0 Å². The van der Waals surface area contributed by atoms with Crippen LogP contribution in [0.2, 0.25) is 0 Å². The first-order valence-electron chi connectivity index (χ1n) is 9.97. The van der Waals surface area contributed by atoms with Gasteiger partial charge in [0.05, 0.1) is 11.8 Å². The molecule has 3 rings (SSSR count). The molecule has 1 aromatic rings. The van der Waals surface area contributed by atoms with Crippen LogP contribution < -0.4 is 10.2 Å². The molecule has 1 aromatic carbocycles. The van der Waals surface area contributed by atoms with Crippen LogP contribution in [0.3, 0.4) is 0 Å². The predicted molar refractivity (Wildman–Crippen MR) is 104 cm³/mol. The molecular formula is C21H28N2O5. The third-order valence-electron chi connectivity index (χ3n) is 5.81. The number of amides is 2. The normalized spacial score (nSPS) is 21.5. The Balaban J connectivity index is 1.60. The van der Waals surface area contributed by atoms with Crippen molar-refractivity contribution in [2.75, 3.05) is 31.2 Å². The summed E-state index contributed by atoms with van der Waals surface area (Å²) >= 11 is 0.